The second-order valence-electron chi connectivity index (χ2n) is 3.12. The molecule has 0 spiro atoms. The van der Waals surface area contributed by atoms with E-state index >= 15 is 0 Å². The van der Waals surface area contributed by atoms with Crippen molar-refractivity contribution in [3.05, 3.63) is 0 Å². The molecule has 0 aromatic carbocycles. The van der Waals surface area contributed by atoms with E-state index in [1.165, 1.54) is 0 Å². The number of ether oxygens (including phenoxy) is 2. The number of halogens is 1. The molecule has 2 heterocycles. The van der Waals surface area contributed by atoms with Gasteiger partial charge in [0.2, 0.25) is 0 Å². The van der Waals surface area contributed by atoms with Crippen molar-refractivity contribution in [3.63, 3.8) is 0 Å². The number of nitrogens with zero attached hydrogens (tertiary/aromatic N) is 1. The smallest absolute Gasteiger partial charge is 0.323 e. The fraction of sp³-hybridized carbons (Fsp3) is 0.875. The SMILES string of the molecule is Cl.O=C1OCCC1N1CCOCC1. The minimum Gasteiger partial charge on any atom is -0.464 e. The minimum atomic E-state index is -0.0584. The third kappa shape index (κ3) is 2.33. The molecule has 0 amide bonds. The fourth-order valence-electron chi connectivity index (χ4n) is 1.71. The molecule has 2 rings (SSSR count). The van der Waals surface area contributed by atoms with Crippen LogP contribution in [0.3, 0.4) is 0 Å². The normalized spacial score (nSPS) is 29.5. The molecule has 4 nitrogen and oxygen atoms in total. The summed E-state index contributed by atoms with van der Waals surface area (Å²) in [6.07, 6.45) is 0.846. The van der Waals surface area contributed by atoms with Gasteiger partial charge < -0.3 is 9.47 Å². The van der Waals surface area contributed by atoms with Crippen molar-refractivity contribution in [3.8, 4) is 0 Å². The van der Waals surface area contributed by atoms with Crippen molar-refractivity contribution in [2.75, 3.05) is 32.9 Å². The van der Waals surface area contributed by atoms with E-state index in [-0.39, 0.29) is 24.4 Å². The number of rotatable bonds is 1. The summed E-state index contributed by atoms with van der Waals surface area (Å²) in [7, 11) is 0. The van der Waals surface area contributed by atoms with Crippen LogP contribution in [-0.4, -0.2) is 49.8 Å². The first-order valence-electron chi connectivity index (χ1n) is 4.36. The Morgan fingerprint density at radius 2 is 1.92 bits per heavy atom. The van der Waals surface area contributed by atoms with Crippen LogP contribution < -0.4 is 0 Å². The van der Waals surface area contributed by atoms with E-state index in [2.05, 4.69) is 4.90 Å². The van der Waals surface area contributed by atoms with Crippen LogP contribution in [0.4, 0.5) is 0 Å². The zero-order chi connectivity index (χ0) is 8.39. The predicted octanol–water partition coefficient (Wildman–Crippen LogP) is 0.0559. The highest BCUT2D eigenvalue weighted by atomic mass is 35.5. The molecule has 2 fully saturated rings. The highest BCUT2D eigenvalue weighted by Gasteiger charge is 2.32. The Kier molecular flexibility index (Phi) is 3.96. The van der Waals surface area contributed by atoms with E-state index in [4.69, 9.17) is 9.47 Å². The molecule has 0 aromatic rings. The fourth-order valence-corrected chi connectivity index (χ4v) is 1.71. The number of hydrogen-bond acceptors (Lipinski definition) is 4. The zero-order valence-corrected chi connectivity index (χ0v) is 8.22. The van der Waals surface area contributed by atoms with Gasteiger partial charge in [-0.2, -0.15) is 0 Å². The summed E-state index contributed by atoms with van der Waals surface area (Å²) in [5.41, 5.74) is 0. The maximum Gasteiger partial charge on any atom is 0.323 e. The summed E-state index contributed by atoms with van der Waals surface area (Å²) in [6, 6.07) is 0.00824. The van der Waals surface area contributed by atoms with Crippen molar-refractivity contribution < 1.29 is 14.3 Å². The Hall–Kier alpha value is -0.320. The topological polar surface area (TPSA) is 38.8 Å². The summed E-state index contributed by atoms with van der Waals surface area (Å²) in [5, 5.41) is 0. The lowest BCUT2D eigenvalue weighted by Gasteiger charge is -2.29. The van der Waals surface area contributed by atoms with Crippen molar-refractivity contribution in [1.82, 2.24) is 4.90 Å². The second-order valence-corrected chi connectivity index (χ2v) is 3.12. The number of morpholine rings is 1. The van der Waals surface area contributed by atoms with E-state index in [1.54, 1.807) is 0 Å². The first-order valence-corrected chi connectivity index (χ1v) is 4.36. The van der Waals surface area contributed by atoms with E-state index in [0.29, 0.717) is 6.61 Å². The van der Waals surface area contributed by atoms with E-state index < -0.39 is 0 Å². The van der Waals surface area contributed by atoms with Crippen LogP contribution in [0.5, 0.6) is 0 Å². The summed E-state index contributed by atoms with van der Waals surface area (Å²) >= 11 is 0. The largest absolute Gasteiger partial charge is 0.464 e. The predicted molar refractivity (Wildman–Crippen MR) is 49.0 cm³/mol. The molecule has 1 unspecified atom stereocenters. The molecule has 0 N–H and O–H groups in total. The third-order valence-corrected chi connectivity index (χ3v) is 2.39. The Labute approximate surface area is 83.6 Å². The number of carbonyl (C=O) groups is 1. The highest BCUT2D eigenvalue weighted by Crippen LogP contribution is 2.14. The van der Waals surface area contributed by atoms with Gasteiger partial charge in [-0.3, -0.25) is 9.69 Å². The summed E-state index contributed by atoms with van der Waals surface area (Å²) in [4.78, 5) is 13.3. The van der Waals surface area contributed by atoms with Crippen LogP contribution in [0, 0.1) is 0 Å². The molecule has 1 atom stereocenters. The number of hydrogen-bond donors (Lipinski definition) is 0. The van der Waals surface area contributed by atoms with E-state index in [0.717, 1.165) is 32.7 Å². The summed E-state index contributed by atoms with van der Waals surface area (Å²) in [5.74, 6) is -0.0584. The van der Waals surface area contributed by atoms with Crippen LogP contribution in [0.2, 0.25) is 0 Å². The minimum absolute atomic E-state index is 0. The molecule has 0 aromatic heterocycles. The number of carbonyl (C=O) groups excluding carboxylic acids is 1. The molecule has 76 valence electrons. The van der Waals surface area contributed by atoms with Crippen molar-refractivity contribution >= 4 is 18.4 Å². The molecular weight excluding hydrogens is 194 g/mol. The molecule has 0 radical (unpaired) electrons. The Morgan fingerprint density at radius 3 is 2.46 bits per heavy atom. The standard InChI is InChI=1S/C8H13NO3.ClH/c10-8-7(1-4-12-8)9-2-5-11-6-3-9;/h7H,1-6H2;1H. The van der Waals surface area contributed by atoms with E-state index in [9.17, 15) is 4.79 Å². The molecule has 2 aliphatic heterocycles. The summed E-state index contributed by atoms with van der Waals surface area (Å²) < 4.78 is 10.1. The lowest BCUT2D eigenvalue weighted by Crippen LogP contribution is -2.45. The van der Waals surface area contributed by atoms with Crippen LogP contribution in [0.25, 0.3) is 0 Å². The Morgan fingerprint density at radius 1 is 1.23 bits per heavy atom. The molecule has 5 heteroatoms. The van der Waals surface area contributed by atoms with Gasteiger partial charge in [0.1, 0.15) is 6.04 Å². The van der Waals surface area contributed by atoms with Crippen LogP contribution in [0.15, 0.2) is 0 Å². The van der Waals surface area contributed by atoms with Gasteiger partial charge in [-0.15, -0.1) is 12.4 Å². The zero-order valence-electron chi connectivity index (χ0n) is 7.40. The van der Waals surface area contributed by atoms with Crippen molar-refractivity contribution in [2.45, 2.75) is 12.5 Å². The first-order chi connectivity index (χ1) is 5.88. The van der Waals surface area contributed by atoms with Gasteiger partial charge in [0, 0.05) is 19.5 Å². The lowest BCUT2D eigenvalue weighted by atomic mass is 10.2. The molecule has 2 saturated heterocycles. The molecule has 13 heavy (non-hydrogen) atoms. The van der Waals surface area contributed by atoms with Gasteiger partial charge in [-0.05, 0) is 0 Å². The highest BCUT2D eigenvalue weighted by molar-refractivity contribution is 5.85. The molecule has 2 aliphatic rings. The maximum atomic E-state index is 11.2. The summed E-state index contributed by atoms with van der Waals surface area (Å²) in [6.45, 7) is 3.79. The molecular formula is C8H14ClNO3. The van der Waals surface area contributed by atoms with Gasteiger partial charge in [0.15, 0.2) is 0 Å². The van der Waals surface area contributed by atoms with Crippen LogP contribution in [0.1, 0.15) is 6.42 Å². The first kappa shape index (κ1) is 10.8. The monoisotopic (exact) mass is 207 g/mol. The van der Waals surface area contributed by atoms with Gasteiger partial charge in [-0.1, -0.05) is 0 Å². The second kappa shape index (κ2) is 4.79. The average Bonchev–Trinajstić information content (AvgIpc) is 2.53. The van der Waals surface area contributed by atoms with Gasteiger partial charge >= 0.3 is 5.97 Å². The molecule has 0 saturated carbocycles. The lowest BCUT2D eigenvalue weighted by molar-refractivity contribution is -0.143. The van der Waals surface area contributed by atoms with E-state index in [1.807, 2.05) is 0 Å². The average molecular weight is 208 g/mol. The number of esters is 1. The maximum absolute atomic E-state index is 11.2. The molecule has 0 bridgehead atoms. The third-order valence-electron chi connectivity index (χ3n) is 2.39. The van der Waals surface area contributed by atoms with Crippen molar-refractivity contribution in [1.29, 1.82) is 0 Å². The Bertz CT molecular complexity index is 182. The quantitative estimate of drug-likeness (QED) is 0.570. The van der Waals surface area contributed by atoms with Gasteiger partial charge in [0.25, 0.3) is 0 Å². The molecule has 0 aliphatic carbocycles. The Balaban J connectivity index is 0.000000845. The number of cyclic esters (lactones) is 1. The van der Waals surface area contributed by atoms with Crippen LogP contribution in [-0.2, 0) is 14.3 Å². The van der Waals surface area contributed by atoms with Gasteiger partial charge in [-0.25, -0.2) is 0 Å². The van der Waals surface area contributed by atoms with Gasteiger partial charge in [0.05, 0.1) is 19.8 Å². The van der Waals surface area contributed by atoms with Crippen molar-refractivity contribution in [2.24, 2.45) is 0 Å². The van der Waals surface area contributed by atoms with Crippen LogP contribution >= 0.6 is 12.4 Å².